The number of amides is 1. The number of carbonyl (C=O) groups excluding carboxylic acids is 1. The minimum atomic E-state index is -0.458. The number of rotatable bonds is 3. The summed E-state index contributed by atoms with van der Waals surface area (Å²) in [6, 6.07) is 6.04. The Labute approximate surface area is 83.3 Å². The molecule has 0 unspecified atom stereocenters. The first-order valence-corrected chi connectivity index (χ1v) is 4.66. The van der Waals surface area contributed by atoms with Crippen LogP contribution in [0.2, 0.25) is 0 Å². The van der Waals surface area contributed by atoms with Gasteiger partial charge in [-0.3, -0.25) is 4.79 Å². The third-order valence-electron chi connectivity index (χ3n) is 2.01. The first kappa shape index (κ1) is 10.7. The topological polar surface area (TPSA) is 20.3 Å². The molecule has 1 amide bonds. The molecule has 0 fully saturated rings. The van der Waals surface area contributed by atoms with Crippen molar-refractivity contribution >= 4 is 5.91 Å². The molecule has 14 heavy (non-hydrogen) atoms. The number of hydrogen-bond donors (Lipinski definition) is 0. The SMILES string of the molecule is CCCN(C)C(=O)c1ccccc1F. The van der Waals surface area contributed by atoms with E-state index in [9.17, 15) is 9.18 Å². The second-order valence-corrected chi connectivity index (χ2v) is 3.21. The third kappa shape index (κ3) is 2.31. The van der Waals surface area contributed by atoms with E-state index in [-0.39, 0.29) is 11.5 Å². The smallest absolute Gasteiger partial charge is 0.256 e. The number of nitrogens with zero attached hydrogens (tertiary/aromatic N) is 1. The summed E-state index contributed by atoms with van der Waals surface area (Å²) < 4.78 is 13.2. The van der Waals surface area contributed by atoms with Crippen LogP contribution in [0, 0.1) is 5.82 Å². The number of halogens is 1. The summed E-state index contributed by atoms with van der Waals surface area (Å²) in [6.07, 6.45) is 0.872. The van der Waals surface area contributed by atoms with Crippen LogP contribution < -0.4 is 0 Å². The molecule has 0 saturated heterocycles. The minimum Gasteiger partial charge on any atom is -0.342 e. The van der Waals surface area contributed by atoms with Gasteiger partial charge in [-0.1, -0.05) is 19.1 Å². The Morgan fingerprint density at radius 2 is 2.07 bits per heavy atom. The van der Waals surface area contributed by atoms with Crippen molar-refractivity contribution in [1.82, 2.24) is 4.90 Å². The van der Waals surface area contributed by atoms with Crippen LogP contribution in [0.15, 0.2) is 24.3 Å². The molecular formula is C11H14FNO. The Bertz CT molecular complexity index is 325. The molecule has 0 atom stereocenters. The molecule has 0 aliphatic heterocycles. The van der Waals surface area contributed by atoms with Crippen LogP contribution >= 0.6 is 0 Å². The van der Waals surface area contributed by atoms with Crippen LogP contribution in [0.4, 0.5) is 4.39 Å². The van der Waals surface area contributed by atoms with Crippen molar-refractivity contribution in [2.75, 3.05) is 13.6 Å². The van der Waals surface area contributed by atoms with Gasteiger partial charge in [-0.25, -0.2) is 4.39 Å². The molecule has 76 valence electrons. The largest absolute Gasteiger partial charge is 0.342 e. The van der Waals surface area contributed by atoms with Gasteiger partial charge >= 0.3 is 0 Å². The van der Waals surface area contributed by atoms with E-state index in [1.54, 1.807) is 19.2 Å². The van der Waals surface area contributed by atoms with Gasteiger partial charge in [0.05, 0.1) is 5.56 Å². The number of benzene rings is 1. The molecule has 0 aliphatic rings. The van der Waals surface area contributed by atoms with E-state index in [0.717, 1.165) is 6.42 Å². The van der Waals surface area contributed by atoms with E-state index in [1.807, 2.05) is 6.92 Å². The molecule has 1 aromatic rings. The zero-order chi connectivity index (χ0) is 10.6. The molecule has 0 heterocycles. The van der Waals surface area contributed by atoms with Crippen molar-refractivity contribution in [2.24, 2.45) is 0 Å². The molecule has 0 radical (unpaired) electrons. The fourth-order valence-corrected chi connectivity index (χ4v) is 1.28. The van der Waals surface area contributed by atoms with Gasteiger partial charge in [0.2, 0.25) is 0 Å². The molecule has 0 saturated carbocycles. The van der Waals surface area contributed by atoms with Gasteiger partial charge in [0, 0.05) is 13.6 Å². The molecule has 3 heteroatoms. The summed E-state index contributed by atoms with van der Waals surface area (Å²) in [5.74, 6) is -0.717. The van der Waals surface area contributed by atoms with Crippen molar-refractivity contribution in [3.8, 4) is 0 Å². The van der Waals surface area contributed by atoms with E-state index in [0.29, 0.717) is 6.54 Å². The summed E-state index contributed by atoms with van der Waals surface area (Å²) >= 11 is 0. The van der Waals surface area contributed by atoms with Gasteiger partial charge in [-0.05, 0) is 18.6 Å². The van der Waals surface area contributed by atoms with Gasteiger partial charge in [-0.2, -0.15) is 0 Å². The highest BCUT2D eigenvalue weighted by Gasteiger charge is 2.14. The molecule has 1 aromatic carbocycles. The van der Waals surface area contributed by atoms with E-state index in [4.69, 9.17) is 0 Å². The molecule has 0 N–H and O–H groups in total. The van der Waals surface area contributed by atoms with Crippen molar-refractivity contribution in [3.63, 3.8) is 0 Å². The van der Waals surface area contributed by atoms with Crippen LogP contribution in [0.1, 0.15) is 23.7 Å². The van der Waals surface area contributed by atoms with Gasteiger partial charge in [-0.15, -0.1) is 0 Å². The van der Waals surface area contributed by atoms with Gasteiger partial charge in [0.1, 0.15) is 5.82 Å². The molecule has 1 rings (SSSR count). The third-order valence-corrected chi connectivity index (χ3v) is 2.01. The van der Waals surface area contributed by atoms with Crippen LogP contribution in [0.25, 0.3) is 0 Å². The monoisotopic (exact) mass is 195 g/mol. The predicted molar refractivity (Wildman–Crippen MR) is 53.7 cm³/mol. The van der Waals surface area contributed by atoms with Crippen LogP contribution in [0.5, 0.6) is 0 Å². The van der Waals surface area contributed by atoms with Crippen LogP contribution in [0.3, 0.4) is 0 Å². The van der Waals surface area contributed by atoms with E-state index >= 15 is 0 Å². The molecule has 0 bridgehead atoms. The van der Waals surface area contributed by atoms with Crippen molar-refractivity contribution in [3.05, 3.63) is 35.6 Å². The molecule has 0 spiro atoms. The first-order valence-electron chi connectivity index (χ1n) is 4.66. The normalized spacial score (nSPS) is 9.93. The Morgan fingerprint density at radius 3 is 2.64 bits per heavy atom. The Hall–Kier alpha value is -1.38. The quantitative estimate of drug-likeness (QED) is 0.724. The number of carbonyl (C=O) groups is 1. The summed E-state index contributed by atoms with van der Waals surface area (Å²) in [7, 11) is 1.68. The maximum absolute atomic E-state index is 13.2. The van der Waals surface area contributed by atoms with E-state index in [2.05, 4.69) is 0 Å². The molecule has 0 aliphatic carbocycles. The van der Waals surface area contributed by atoms with E-state index in [1.165, 1.54) is 17.0 Å². The van der Waals surface area contributed by atoms with Crippen molar-refractivity contribution in [2.45, 2.75) is 13.3 Å². The predicted octanol–water partition coefficient (Wildman–Crippen LogP) is 2.31. The lowest BCUT2D eigenvalue weighted by molar-refractivity contribution is 0.0790. The molecule has 0 aromatic heterocycles. The standard InChI is InChI=1S/C11H14FNO/c1-3-8-13(2)11(14)9-6-4-5-7-10(9)12/h4-7H,3,8H2,1-2H3. The summed E-state index contributed by atoms with van der Waals surface area (Å²) in [5.41, 5.74) is 0.142. The van der Waals surface area contributed by atoms with Gasteiger partial charge < -0.3 is 4.90 Å². The van der Waals surface area contributed by atoms with Crippen molar-refractivity contribution < 1.29 is 9.18 Å². The summed E-state index contributed by atoms with van der Waals surface area (Å²) in [5, 5.41) is 0. The zero-order valence-corrected chi connectivity index (χ0v) is 8.46. The minimum absolute atomic E-state index is 0.142. The summed E-state index contributed by atoms with van der Waals surface area (Å²) in [4.78, 5) is 13.2. The average molecular weight is 195 g/mol. The highest BCUT2D eigenvalue weighted by molar-refractivity contribution is 5.94. The fourth-order valence-electron chi connectivity index (χ4n) is 1.28. The maximum atomic E-state index is 13.2. The number of hydrogen-bond acceptors (Lipinski definition) is 1. The Balaban J connectivity index is 2.84. The Morgan fingerprint density at radius 1 is 1.43 bits per heavy atom. The van der Waals surface area contributed by atoms with Crippen LogP contribution in [-0.2, 0) is 0 Å². The second-order valence-electron chi connectivity index (χ2n) is 3.21. The first-order chi connectivity index (χ1) is 6.66. The van der Waals surface area contributed by atoms with E-state index < -0.39 is 5.82 Å². The zero-order valence-electron chi connectivity index (χ0n) is 8.46. The lowest BCUT2D eigenvalue weighted by Gasteiger charge is -2.16. The lowest BCUT2D eigenvalue weighted by Crippen LogP contribution is -2.28. The van der Waals surface area contributed by atoms with Crippen LogP contribution in [-0.4, -0.2) is 24.4 Å². The van der Waals surface area contributed by atoms with Gasteiger partial charge in [0.25, 0.3) is 5.91 Å². The second kappa shape index (κ2) is 4.74. The lowest BCUT2D eigenvalue weighted by atomic mass is 10.2. The molecular weight excluding hydrogens is 181 g/mol. The summed E-state index contributed by atoms with van der Waals surface area (Å²) in [6.45, 7) is 2.62. The van der Waals surface area contributed by atoms with Crippen molar-refractivity contribution in [1.29, 1.82) is 0 Å². The highest BCUT2D eigenvalue weighted by atomic mass is 19.1. The van der Waals surface area contributed by atoms with Gasteiger partial charge in [0.15, 0.2) is 0 Å². The molecule has 2 nitrogen and oxygen atoms in total. The average Bonchev–Trinajstić information content (AvgIpc) is 2.18. The maximum Gasteiger partial charge on any atom is 0.256 e. The Kier molecular flexibility index (Phi) is 3.63. The highest BCUT2D eigenvalue weighted by Crippen LogP contribution is 2.08. The fraction of sp³-hybridized carbons (Fsp3) is 0.364.